The number of aromatic nitrogens is 4. The number of rotatable bonds is 4. The van der Waals surface area contributed by atoms with Crippen LogP contribution in [-0.4, -0.2) is 43.5 Å². The zero-order chi connectivity index (χ0) is 19.1. The Bertz CT molecular complexity index is 1100. The van der Waals surface area contributed by atoms with Gasteiger partial charge >= 0.3 is 0 Å². The Labute approximate surface area is 157 Å². The number of aryl methyl sites for hydroxylation is 1. The maximum atomic E-state index is 11.8. The largest absolute Gasteiger partial charge is 0.417 e. The fraction of sp³-hybridized carbons (Fsp3) is 0.176. The molecule has 1 aliphatic rings. The molecule has 0 spiro atoms. The molecule has 27 heavy (non-hydrogen) atoms. The van der Waals surface area contributed by atoms with Gasteiger partial charge in [-0.2, -0.15) is 20.1 Å². The van der Waals surface area contributed by atoms with E-state index in [9.17, 15) is 14.7 Å². The first kappa shape index (κ1) is 17.3. The summed E-state index contributed by atoms with van der Waals surface area (Å²) in [5.74, 6) is -0.435. The molecule has 138 valence electrons. The minimum absolute atomic E-state index is 0.291. The second-order valence-corrected chi connectivity index (χ2v) is 6.93. The second-order valence-electron chi connectivity index (χ2n) is 5.91. The van der Waals surface area contributed by atoms with Crippen LogP contribution in [0.1, 0.15) is 28.7 Å². The number of imide groups is 1. The minimum Gasteiger partial charge on any atom is -0.417 e. The third kappa shape index (κ3) is 2.98. The van der Waals surface area contributed by atoms with Crippen molar-refractivity contribution in [2.45, 2.75) is 13.0 Å². The van der Waals surface area contributed by atoms with E-state index >= 15 is 0 Å². The Morgan fingerprint density at radius 1 is 1.30 bits per heavy atom. The predicted octanol–water partition coefficient (Wildman–Crippen LogP) is 1.53. The van der Waals surface area contributed by atoms with Crippen LogP contribution in [0.2, 0.25) is 0 Å². The van der Waals surface area contributed by atoms with Gasteiger partial charge in [0.15, 0.2) is 0 Å². The highest BCUT2D eigenvalue weighted by Crippen LogP contribution is 2.30. The lowest BCUT2D eigenvalue weighted by Gasteiger charge is -2.10. The number of H-pyrrole nitrogens is 1. The number of aliphatic hydroxyl groups excluding tert-OH is 1. The molecule has 1 aliphatic heterocycles. The Hall–Kier alpha value is -3.11. The third-order valence-electron chi connectivity index (χ3n) is 4.25. The SMILES string of the molecule is COn1c(/C=C2\SC(=O)NC2=O)cc2cc(C(O)c3n[nH]nc3C)ccc21. The molecule has 0 saturated carbocycles. The van der Waals surface area contributed by atoms with Gasteiger partial charge in [0.25, 0.3) is 11.1 Å². The monoisotopic (exact) mass is 385 g/mol. The highest BCUT2D eigenvalue weighted by molar-refractivity contribution is 8.18. The van der Waals surface area contributed by atoms with E-state index < -0.39 is 17.3 Å². The molecule has 2 amide bonds. The summed E-state index contributed by atoms with van der Waals surface area (Å²) in [6.45, 7) is 1.76. The number of hydrogen-bond acceptors (Lipinski definition) is 7. The topological polar surface area (TPSA) is 122 Å². The lowest BCUT2D eigenvalue weighted by molar-refractivity contribution is -0.115. The number of nitrogens with zero attached hydrogens (tertiary/aromatic N) is 3. The Morgan fingerprint density at radius 3 is 2.74 bits per heavy atom. The van der Waals surface area contributed by atoms with Crippen molar-refractivity contribution < 1.29 is 19.5 Å². The van der Waals surface area contributed by atoms with Gasteiger partial charge in [-0.05, 0) is 48.5 Å². The lowest BCUT2D eigenvalue weighted by Crippen LogP contribution is -2.18. The fourth-order valence-corrected chi connectivity index (χ4v) is 3.64. The summed E-state index contributed by atoms with van der Waals surface area (Å²) in [4.78, 5) is 28.9. The Morgan fingerprint density at radius 2 is 2.11 bits per heavy atom. The minimum atomic E-state index is -0.922. The molecule has 1 atom stereocenters. The van der Waals surface area contributed by atoms with Crippen molar-refractivity contribution in [1.82, 2.24) is 25.5 Å². The number of aliphatic hydroxyl groups is 1. The van der Waals surface area contributed by atoms with E-state index in [0.717, 1.165) is 22.7 Å². The number of hydrogen-bond donors (Lipinski definition) is 3. The third-order valence-corrected chi connectivity index (χ3v) is 5.06. The average molecular weight is 385 g/mol. The molecule has 9 nitrogen and oxygen atoms in total. The van der Waals surface area contributed by atoms with Crippen LogP contribution in [0.4, 0.5) is 4.79 Å². The highest BCUT2D eigenvalue weighted by Gasteiger charge is 2.26. The smallest absolute Gasteiger partial charge is 0.290 e. The molecule has 0 radical (unpaired) electrons. The van der Waals surface area contributed by atoms with Crippen molar-refractivity contribution in [1.29, 1.82) is 0 Å². The summed E-state index contributed by atoms with van der Waals surface area (Å²) in [6, 6.07) is 7.21. The summed E-state index contributed by atoms with van der Waals surface area (Å²) >= 11 is 0.839. The molecule has 1 saturated heterocycles. The summed E-state index contributed by atoms with van der Waals surface area (Å²) in [7, 11) is 1.51. The number of aromatic amines is 1. The number of amides is 2. The molecule has 3 heterocycles. The molecule has 2 aromatic heterocycles. The molecule has 1 unspecified atom stereocenters. The Balaban J connectivity index is 1.77. The van der Waals surface area contributed by atoms with Crippen LogP contribution in [0.3, 0.4) is 0 Å². The number of carbonyl (C=O) groups excluding carboxylic acids is 2. The summed E-state index contributed by atoms with van der Waals surface area (Å²) in [6.07, 6.45) is 0.668. The first-order chi connectivity index (χ1) is 13.0. The molecule has 4 rings (SSSR count). The van der Waals surface area contributed by atoms with Crippen LogP contribution in [0.25, 0.3) is 17.0 Å². The maximum Gasteiger partial charge on any atom is 0.290 e. The zero-order valence-corrected chi connectivity index (χ0v) is 15.2. The van der Waals surface area contributed by atoms with Crippen molar-refractivity contribution >= 4 is 39.9 Å². The van der Waals surface area contributed by atoms with Crippen molar-refractivity contribution in [3.8, 4) is 0 Å². The first-order valence-electron chi connectivity index (χ1n) is 7.98. The van der Waals surface area contributed by atoms with Gasteiger partial charge in [0, 0.05) is 5.39 Å². The van der Waals surface area contributed by atoms with Crippen LogP contribution < -0.4 is 10.2 Å². The predicted molar refractivity (Wildman–Crippen MR) is 98.7 cm³/mol. The quantitative estimate of drug-likeness (QED) is 0.582. The fourth-order valence-electron chi connectivity index (χ4n) is 2.97. The molecular formula is C17H15N5O4S. The van der Waals surface area contributed by atoms with E-state index in [2.05, 4.69) is 20.7 Å². The number of thioether (sulfide) groups is 1. The van der Waals surface area contributed by atoms with Gasteiger partial charge in [-0.25, -0.2) is 0 Å². The van der Waals surface area contributed by atoms with Crippen LogP contribution in [0.15, 0.2) is 29.2 Å². The molecule has 0 bridgehead atoms. The molecule has 1 aromatic carbocycles. The normalized spacial score (nSPS) is 16.9. The first-order valence-corrected chi connectivity index (χ1v) is 8.79. The van der Waals surface area contributed by atoms with Gasteiger partial charge in [-0.15, -0.1) is 0 Å². The van der Waals surface area contributed by atoms with Gasteiger partial charge < -0.3 is 9.94 Å². The summed E-state index contributed by atoms with van der Waals surface area (Å²) in [5.41, 5.74) is 3.09. The number of benzene rings is 1. The van der Waals surface area contributed by atoms with Crippen molar-refractivity contribution in [2.75, 3.05) is 7.11 Å². The molecule has 3 N–H and O–H groups in total. The van der Waals surface area contributed by atoms with Crippen molar-refractivity contribution in [3.05, 3.63) is 51.8 Å². The number of nitrogens with one attached hydrogen (secondary N) is 2. The molecule has 10 heteroatoms. The van der Waals surface area contributed by atoms with Crippen molar-refractivity contribution in [2.24, 2.45) is 0 Å². The van der Waals surface area contributed by atoms with Crippen LogP contribution in [0.5, 0.6) is 0 Å². The van der Waals surface area contributed by atoms with E-state index in [0.29, 0.717) is 27.6 Å². The van der Waals surface area contributed by atoms with Crippen molar-refractivity contribution in [3.63, 3.8) is 0 Å². The lowest BCUT2D eigenvalue weighted by atomic mass is 10.0. The molecule has 0 aliphatic carbocycles. The molecular weight excluding hydrogens is 370 g/mol. The zero-order valence-electron chi connectivity index (χ0n) is 14.4. The molecule has 3 aromatic rings. The standard InChI is InChI=1S/C17H15N5O4S/c1-8-14(20-21-19-8)15(23)9-3-4-12-10(5-9)6-11(22(12)26-2)7-13-16(24)18-17(25)27-13/h3-7,15,23H,1-2H3,(H,18,24,25)(H,19,20,21)/b13-7-. The van der Waals surface area contributed by atoms with E-state index in [-0.39, 0.29) is 0 Å². The van der Waals surface area contributed by atoms with Gasteiger partial charge in [0.1, 0.15) is 18.9 Å². The van der Waals surface area contributed by atoms with Gasteiger partial charge in [0.2, 0.25) is 0 Å². The highest BCUT2D eigenvalue weighted by atomic mass is 32.2. The van der Waals surface area contributed by atoms with E-state index in [4.69, 9.17) is 4.84 Å². The average Bonchev–Trinajstić information content (AvgIpc) is 3.30. The van der Waals surface area contributed by atoms with Gasteiger partial charge in [0.05, 0.1) is 21.8 Å². The van der Waals surface area contributed by atoms with Crippen LogP contribution >= 0.6 is 11.8 Å². The Kier molecular flexibility index (Phi) is 4.21. The second kappa shape index (κ2) is 6.56. The number of carbonyl (C=O) groups is 2. The maximum absolute atomic E-state index is 11.8. The molecule has 1 fully saturated rings. The van der Waals surface area contributed by atoms with E-state index in [1.165, 1.54) is 7.11 Å². The van der Waals surface area contributed by atoms with E-state index in [1.54, 1.807) is 23.8 Å². The van der Waals surface area contributed by atoms with E-state index in [1.807, 2.05) is 18.2 Å². The van der Waals surface area contributed by atoms with Crippen LogP contribution in [0, 0.1) is 6.92 Å². The van der Waals surface area contributed by atoms with Gasteiger partial charge in [-0.3, -0.25) is 14.9 Å². The summed E-state index contributed by atoms with van der Waals surface area (Å²) < 4.78 is 1.55. The number of fused-ring (bicyclic) bond motifs is 1. The van der Waals surface area contributed by atoms with Crippen LogP contribution in [-0.2, 0) is 4.79 Å². The summed E-state index contributed by atoms with van der Waals surface area (Å²) in [5, 5.41) is 23.6. The van der Waals surface area contributed by atoms with Gasteiger partial charge in [-0.1, -0.05) is 6.07 Å².